The minimum Gasteiger partial charge on any atom is -0.505 e. The third-order valence-electron chi connectivity index (χ3n) is 4.95. The Bertz CT molecular complexity index is 818. The number of aromatic hydroxyl groups is 2. The number of phenols is 2. The zero-order valence-electron chi connectivity index (χ0n) is 17.6. The van der Waals surface area contributed by atoms with Crippen LogP contribution in [0.15, 0.2) is 21.9 Å². The first-order valence-corrected chi connectivity index (χ1v) is 9.90. The van der Waals surface area contributed by atoms with Crippen molar-refractivity contribution in [2.45, 2.75) is 76.0 Å². The van der Waals surface area contributed by atoms with Crippen molar-refractivity contribution >= 4 is 23.1 Å². The number of hydrogen-bond acceptors (Lipinski definition) is 5. The molecule has 4 nitrogen and oxygen atoms in total. The smallest absolute Gasteiger partial charge is 0.142 e. The molecular formula is C22H32N2O2S. The highest BCUT2D eigenvalue weighted by Crippen LogP contribution is 2.47. The van der Waals surface area contributed by atoms with Crippen LogP contribution in [0.25, 0.3) is 0 Å². The topological polar surface area (TPSA) is 92.5 Å². The normalized spacial score (nSPS) is 12.4. The van der Waals surface area contributed by atoms with Crippen molar-refractivity contribution in [1.29, 1.82) is 0 Å². The summed E-state index contributed by atoms with van der Waals surface area (Å²) < 4.78 is 0. The average Bonchev–Trinajstić information content (AvgIpc) is 2.53. The molecule has 2 aromatic carbocycles. The van der Waals surface area contributed by atoms with Crippen LogP contribution < -0.4 is 11.5 Å². The van der Waals surface area contributed by atoms with Crippen LogP contribution in [0.1, 0.15) is 63.8 Å². The molecule has 0 aliphatic carbocycles. The predicted octanol–water partition coefficient (Wildman–Crippen LogP) is 5.63. The summed E-state index contributed by atoms with van der Waals surface area (Å²) in [6.07, 6.45) is 0. The highest BCUT2D eigenvalue weighted by molar-refractivity contribution is 7.99. The lowest BCUT2D eigenvalue weighted by molar-refractivity contribution is 0.447. The molecule has 2 rings (SSSR count). The highest BCUT2D eigenvalue weighted by atomic mass is 32.2. The van der Waals surface area contributed by atoms with Gasteiger partial charge in [0.05, 0.1) is 11.4 Å². The number of hydrogen-bond donors (Lipinski definition) is 4. The van der Waals surface area contributed by atoms with Gasteiger partial charge in [-0.25, -0.2) is 0 Å². The monoisotopic (exact) mass is 388 g/mol. The molecule has 0 amide bonds. The van der Waals surface area contributed by atoms with E-state index in [0.717, 1.165) is 32.0 Å². The maximum absolute atomic E-state index is 10.5. The van der Waals surface area contributed by atoms with Crippen molar-refractivity contribution in [2.24, 2.45) is 0 Å². The summed E-state index contributed by atoms with van der Waals surface area (Å²) in [4.78, 5) is 1.95. The van der Waals surface area contributed by atoms with Crippen LogP contribution in [-0.2, 0) is 10.8 Å². The Kier molecular flexibility index (Phi) is 5.41. The minimum atomic E-state index is -0.235. The standard InChI is InChI=1S/C22H32N2O2S/c1-11-15(9-13(21(3,4)5)19(25)17(11)23)27-16-10-14(22(6,7)8)20(26)18(24)12(16)2/h9-10,25-26H,23-24H2,1-8H3. The van der Waals surface area contributed by atoms with Crippen molar-refractivity contribution < 1.29 is 10.2 Å². The van der Waals surface area contributed by atoms with Gasteiger partial charge < -0.3 is 21.7 Å². The van der Waals surface area contributed by atoms with Crippen molar-refractivity contribution in [1.82, 2.24) is 0 Å². The second-order valence-electron chi connectivity index (χ2n) is 9.22. The van der Waals surface area contributed by atoms with E-state index in [9.17, 15) is 10.2 Å². The summed E-state index contributed by atoms with van der Waals surface area (Å²) in [6.45, 7) is 16.1. The first kappa shape index (κ1) is 21.3. The van der Waals surface area contributed by atoms with Crippen LogP contribution in [0, 0.1) is 13.8 Å². The third-order valence-corrected chi connectivity index (χ3v) is 6.24. The maximum Gasteiger partial charge on any atom is 0.142 e. The van der Waals surface area contributed by atoms with Crippen LogP contribution in [0.4, 0.5) is 11.4 Å². The van der Waals surface area contributed by atoms with Crippen LogP contribution >= 0.6 is 11.8 Å². The fraction of sp³-hybridized carbons (Fsp3) is 0.455. The summed E-state index contributed by atoms with van der Waals surface area (Å²) in [5.41, 5.74) is 16.0. The van der Waals surface area contributed by atoms with E-state index < -0.39 is 0 Å². The van der Waals surface area contributed by atoms with Gasteiger partial charge in [0.25, 0.3) is 0 Å². The molecule has 0 aliphatic heterocycles. The molecular weight excluding hydrogens is 356 g/mol. The number of nitrogen functional groups attached to an aromatic ring is 2. The van der Waals surface area contributed by atoms with Gasteiger partial charge in [-0.2, -0.15) is 0 Å². The third kappa shape index (κ3) is 3.98. The molecule has 0 spiro atoms. The van der Waals surface area contributed by atoms with Crippen LogP contribution in [0.2, 0.25) is 0 Å². The first-order valence-electron chi connectivity index (χ1n) is 9.09. The van der Waals surface area contributed by atoms with Gasteiger partial charge in [-0.05, 0) is 47.9 Å². The molecule has 0 heterocycles. The lowest BCUT2D eigenvalue weighted by Gasteiger charge is -2.25. The molecule has 0 atom stereocenters. The molecule has 0 bridgehead atoms. The minimum absolute atomic E-state index is 0.154. The Morgan fingerprint density at radius 2 is 1.00 bits per heavy atom. The van der Waals surface area contributed by atoms with Crippen LogP contribution in [-0.4, -0.2) is 10.2 Å². The van der Waals surface area contributed by atoms with E-state index >= 15 is 0 Å². The Morgan fingerprint density at radius 1 is 0.704 bits per heavy atom. The molecule has 2 aromatic rings. The van der Waals surface area contributed by atoms with E-state index in [1.807, 2.05) is 67.5 Å². The van der Waals surface area contributed by atoms with E-state index in [-0.39, 0.29) is 22.3 Å². The molecule has 0 aliphatic rings. The van der Waals surface area contributed by atoms with Crippen molar-refractivity contribution in [3.05, 3.63) is 34.4 Å². The fourth-order valence-corrected chi connectivity index (χ4v) is 4.12. The fourth-order valence-electron chi connectivity index (χ4n) is 3.00. The maximum atomic E-state index is 10.5. The van der Waals surface area contributed by atoms with E-state index in [0.29, 0.717) is 11.4 Å². The largest absolute Gasteiger partial charge is 0.505 e. The molecule has 0 saturated heterocycles. The van der Waals surface area contributed by atoms with Crippen LogP contribution in [0.5, 0.6) is 11.5 Å². The molecule has 148 valence electrons. The summed E-state index contributed by atoms with van der Waals surface area (Å²) in [7, 11) is 0. The number of benzene rings is 2. The zero-order valence-corrected chi connectivity index (χ0v) is 18.4. The van der Waals surface area contributed by atoms with Gasteiger partial charge >= 0.3 is 0 Å². The summed E-state index contributed by atoms with van der Waals surface area (Å²) in [5.74, 6) is 0.309. The average molecular weight is 389 g/mol. The predicted molar refractivity (Wildman–Crippen MR) is 116 cm³/mol. The zero-order chi connectivity index (χ0) is 20.9. The highest BCUT2D eigenvalue weighted by Gasteiger charge is 2.25. The van der Waals surface area contributed by atoms with E-state index in [1.54, 1.807) is 11.8 Å². The number of rotatable bonds is 2. The van der Waals surface area contributed by atoms with Crippen molar-refractivity contribution in [2.75, 3.05) is 11.5 Å². The molecule has 0 fully saturated rings. The Labute approximate surface area is 167 Å². The molecule has 0 unspecified atom stereocenters. The lowest BCUT2D eigenvalue weighted by Crippen LogP contribution is -2.14. The van der Waals surface area contributed by atoms with E-state index in [2.05, 4.69) is 0 Å². The summed E-state index contributed by atoms with van der Waals surface area (Å²) in [6, 6.07) is 4.01. The van der Waals surface area contributed by atoms with Crippen molar-refractivity contribution in [3.63, 3.8) is 0 Å². The van der Waals surface area contributed by atoms with Gasteiger partial charge in [0.1, 0.15) is 11.5 Å². The van der Waals surface area contributed by atoms with E-state index in [1.165, 1.54) is 0 Å². The van der Waals surface area contributed by atoms with Gasteiger partial charge in [0, 0.05) is 20.9 Å². The number of anilines is 2. The molecule has 0 aromatic heterocycles. The second kappa shape index (κ2) is 6.86. The summed E-state index contributed by atoms with van der Waals surface area (Å²) in [5, 5.41) is 21.0. The summed E-state index contributed by atoms with van der Waals surface area (Å²) >= 11 is 1.56. The number of nitrogens with two attached hydrogens (primary N) is 2. The van der Waals surface area contributed by atoms with E-state index in [4.69, 9.17) is 11.5 Å². The Morgan fingerprint density at radius 3 is 1.26 bits per heavy atom. The molecule has 5 heteroatoms. The number of phenolic OH excluding ortho intramolecular Hbond substituents is 2. The van der Waals surface area contributed by atoms with Gasteiger partial charge in [-0.15, -0.1) is 0 Å². The Hall–Kier alpha value is -2.01. The SMILES string of the molecule is Cc1c(Sc2cc(C(C)(C)C)c(O)c(N)c2C)cc(C(C)(C)C)c(O)c1N. The lowest BCUT2D eigenvalue weighted by atomic mass is 9.85. The van der Waals surface area contributed by atoms with Gasteiger partial charge in [0.2, 0.25) is 0 Å². The van der Waals surface area contributed by atoms with Gasteiger partial charge in [-0.1, -0.05) is 53.3 Å². The second-order valence-corrected chi connectivity index (χ2v) is 10.3. The molecule has 6 N–H and O–H groups in total. The van der Waals surface area contributed by atoms with Crippen LogP contribution in [0.3, 0.4) is 0 Å². The molecule has 27 heavy (non-hydrogen) atoms. The van der Waals surface area contributed by atoms with Gasteiger partial charge in [-0.3, -0.25) is 0 Å². The molecule has 0 saturated carbocycles. The molecule has 0 radical (unpaired) electrons. The Balaban J connectivity index is 2.68. The van der Waals surface area contributed by atoms with Gasteiger partial charge in [0.15, 0.2) is 0 Å². The first-order chi connectivity index (χ1) is 12.2. The van der Waals surface area contributed by atoms with Crippen molar-refractivity contribution in [3.8, 4) is 11.5 Å². The quantitative estimate of drug-likeness (QED) is 0.395.